The molecule has 1 saturated carbocycles. The van der Waals surface area contributed by atoms with E-state index in [1.54, 1.807) is 6.07 Å². The zero-order chi connectivity index (χ0) is 30.2. The zero-order valence-electron chi connectivity index (χ0n) is 24.1. The largest absolute Gasteiger partial charge is 0.342 e. The first kappa shape index (κ1) is 29.2. The van der Waals surface area contributed by atoms with Crippen molar-refractivity contribution in [3.63, 3.8) is 0 Å². The fourth-order valence-corrected chi connectivity index (χ4v) is 6.03. The lowest BCUT2D eigenvalue weighted by Gasteiger charge is -2.32. The molecule has 0 bridgehead atoms. The molecule has 5 rings (SSSR count). The molecule has 4 amide bonds. The second-order valence-electron chi connectivity index (χ2n) is 12.9. The van der Waals surface area contributed by atoms with Gasteiger partial charge in [0, 0.05) is 24.2 Å². The number of benzene rings is 2. The van der Waals surface area contributed by atoms with Crippen molar-refractivity contribution in [1.29, 1.82) is 5.26 Å². The molecule has 1 aliphatic carbocycles. The molecule has 2 aromatic carbocycles. The number of para-hydroxylation sites is 1. The van der Waals surface area contributed by atoms with Crippen LogP contribution in [0.1, 0.15) is 68.8 Å². The Morgan fingerprint density at radius 3 is 2.43 bits per heavy atom. The SMILES string of the molecule is CC(C)(C)C[C@H](NC(=O)[C@H](CC1CC1)NC(=O)c1ccc(F)cc1)C(=O)N1C[C@]2(C[C@H]1C#N)C(=O)Nc1ccccc12. The lowest BCUT2D eigenvalue weighted by Crippen LogP contribution is -2.56. The predicted molar refractivity (Wildman–Crippen MR) is 153 cm³/mol. The molecule has 3 aliphatic rings. The van der Waals surface area contributed by atoms with Crippen LogP contribution in [0.3, 0.4) is 0 Å². The Labute approximate surface area is 244 Å². The first-order valence-electron chi connectivity index (χ1n) is 14.4. The Morgan fingerprint density at radius 2 is 1.79 bits per heavy atom. The summed E-state index contributed by atoms with van der Waals surface area (Å²) in [5.74, 6) is -1.87. The number of hydrogen-bond acceptors (Lipinski definition) is 5. The van der Waals surface area contributed by atoms with Gasteiger partial charge >= 0.3 is 0 Å². The zero-order valence-corrected chi connectivity index (χ0v) is 24.1. The van der Waals surface area contributed by atoms with Crippen molar-refractivity contribution in [2.24, 2.45) is 11.3 Å². The van der Waals surface area contributed by atoms with Crippen LogP contribution in [0, 0.1) is 28.5 Å². The number of nitrogens with zero attached hydrogens (tertiary/aromatic N) is 2. The lowest BCUT2D eigenvalue weighted by molar-refractivity contribution is -0.138. The van der Waals surface area contributed by atoms with Gasteiger partial charge in [0.1, 0.15) is 23.9 Å². The number of carbonyl (C=O) groups is 4. The van der Waals surface area contributed by atoms with E-state index in [0.29, 0.717) is 12.1 Å². The van der Waals surface area contributed by atoms with E-state index in [2.05, 4.69) is 22.0 Å². The van der Waals surface area contributed by atoms with Gasteiger partial charge in [-0.1, -0.05) is 51.8 Å². The number of anilines is 1. The highest BCUT2D eigenvalue weighted by Crippen LogP contribution is 2.46. The molecule has 1 saturated heterocycles. The average molecular weight is 574 g/mol. The van der Waals surface area contributed by atoms with Crippen molar-refractivity contribution in [2.75, 3.05) is 11.9 Å². The van der Waals surface area contributed by atoms with Crippen LogP contribution in [0.25, 0.3) is 0 Å². The van der Waals surface area contributed by atoms with E-state index in [1.807, 2.05) is 39.0 Å². The van der Waals surface area contributed by atoms with Gasteiger partial charge in [-0.3, -0.25) is 19.2 Å². The van der Waals surface area contributed by atoms with Crippen molar-refractivity contribution in [2.45, 2.75) is 76.4 Å². The van der Waals surface area contributed by atoms with Crippen molar-refractivity contribution in [3.8, 4) is 6.07 Å². The van der Waals surface area contributed by atoms with Crippen LogP contribution in [0.15, 0.2) is 48.5 Å². The fraction of sp³-hybridized carbons (Fsp3) is 0.469. The number of amides is 4. The van der Waals surface area contributed by atoms with Gasteiger partial charge in [-0.05, 0) is 60.1 Å². The molecule has 2 heterocycles. The number of likely N-dealkylation sites (tertiary alicyclic amines) is 1. The van der Waals surface area contributed by atoms with E-state index in [4.69, 9.17) is 0 Å². The maximum atomic E-state index is 14.1. The topological polar surface area (TPSA) is 131 Å². The molecule has 3 N–H and O–H groups in total. The molecule has 2 aliphatic heterocycles. The number of halogens is 1. The van der Waals surface area contributed by atoms with E-state index < -0.39 is 47.1 Å². The molecule has 2 fully saturated rings. The van der Waals surface area contributed by atoms with Gasteiger partial charge in [0.15, 0.2) is 0 Å². The van der Waals surface area contributed by atoms with Crippen molar-refractivity contribution in [3.05, 3.63) is 65.5 Å². The molecule has 9 nitrogen and oxygen atoms in total. The average Bonchev–Trinajstić information content (AvgIpc) is 3.61. The van der Waals surface area contributed by atoms with Gasteiger partial charge in [-0.15, -0.1) is 0 Å². The van der Waals surface area contributed by atoms with Gasteiger partial charge in [-0.25, -0.2) is 4.39 Å². The number of rotatable bonds is 8. The minimum Gasteiger partial charge on any atom is -0.342 e. The number of nitriles is 1. The third-order valence-corrected chi connectivity index (χ3v) is 8.34. The van der Waals surface area contributed by atoms with Crippen LogP contribution in [0.4, 0.5) is 10.1 Å². The summed E-state index contributed by atoms with van der Waals surface area (Å²) in [7, 11) is 0. The van der Waals surface area contributed by atoms with Gasteiger partial charge in [0.25, 0.3) is 5.91 Å². The molecule has 0 radical (unpaired) electrons. The first-order valence-corrected chi connectivity index (χ1v) is 14.4. The van der Waals surface area contributed by atoms with Gasteiger partial charge in [0.2, 0.25) is 17.7 Å². The van der Waals surface area contributed by atoms with E-state index >= 15 is 0 Å². The second kappa shape index (κ2) is 11.2. The van der Waals surface area contributed by atoms with Crippen LogP contribution >= 0.6 is 0 Å². The summed E-state index contributed by atoms with van der Waals surface area (Å²) in [6, 6.07) is 11.8. The highest BCUT2D eigenvalue weighted by Gasteiger charge is 2.56. The van der Waals surface area contributed by atoms with Crippen LogP contribution in [0.5, 0.6) is 0 Å². The number of hydrogen-bond donors (Lipinski definition) is 3. The van der Waals surface area contributed by atoms with Crippen LogP contribution < -0.4 is 16.0 Å². The molecule has 0 unspecified atom stereocenters. The second-order valence-corrected chi connectivity index (χ2v) is 12.9. The summed E-state index contributed by atoms with van der Waals surface area (Å²) < 4.78 is 13.4. The van der Waals surface area contributed by atoms with Crippen LogP contribution in [-0.4, -0.2) is 53.2 Å². The van der Waals surface area contributed by atoms with E-state index in [0.717, 1.165) is 18.4 Å². The molecule has 220 valence electrons. The van der Waals surface area contributed by atoms with E-state index in [9.17, 15) is 28.8 Å². The Hall–Kier alpha value is -4.26. The summed E-state index contributed by atoms with van der Waals surface area (Å²) in [5.41, 5.74) is 0.249. The van der Waals surface area contributed by atoms with Crippen molar-refractivity contribution in [1.82, 2.24) is 15.5 Å². The van der Waals surface area contributed by atoms with Crippen molar-refractivity contribution < 1.29 is 23.6 Å². The minimum atomic E-state index is -1.04. The standard InChI is InChI=1S/C32H36FN5O4/c1-31(2,3)16-26(36-28(40)25(14-19-8-9-19)35-27(39)20-10-12-21(33)13-11-20)29(41)38-18-32(15-22(38)17-34)23-6-4-5-7-24(23)37-30(32)42/h4-7,10-13,19,22,25-26H,8-9,14-16,18H2,1-3H3,(H,35,39)(H,36,40)(H,37,42)/t22-,25-,26-,32-/m0/s1. The first-order chi connectivity index (χ1) is 19.9. The smallest absolute Gasteiger partial charge is 0.251 e. The third-order valence-electron chi connectivity index (χ3n) is 8.34. The summed E-state index contributed by atoms with van der Waals surface area (Å²) in [6.45, 7) is 5.87. The van der Waals surface area contributed by atoms with Gasteiger partial charge in [0.05, 0.1) is 11.5 Å². The summed E-state index contributed by atoms with van der Waals surface area (Å²) >= 11 is 0. The Bertz CT molecular complexity index is 1440. The molecule has 0 aromatic heterocycles. The van der Waals surface area contributed by atoms with Crippen molar-refractivity contribution >= 4 is 29.3 Å². The maximum Gasteiger partial charge on any atom is 0.251 e. The Morgan fingerprint density at radius 1 is 1.10 bits per heavy atom. The molecular formula is C32H36FN5O4. The quantitative estimate of drug-likeness (QED) is 0.444. The number of carbonyl (C=O) groups excluding carboxylic acids is 4. The number of fused-ring (bicyclic) bond motifs is 2. The van der Waals surface area contributed by atoms with Gasteiger partial charge < -0.3 is 20.9 Å². The molecule has 2 aromatic rings. The molecule has 42 heavy (non-hydrogen) atoms. The summed E-state index contributed by atoms with van der Waals surface area (Å²) in [4.78, 5) is 55.4. The third kappa shape index (κ3) is 6.01. The fourth-order valence-electron chi connectivity index (χ4n) is 6.03. The van der Waals surface area contributed by atoms with E-state index in [-0.39, 0.29) is 42.2 Å². The molecular weight excluding hydrogens is 537 g/mol. The highest BCUT2D eigenvalue weighted by atomic mass is 19.1. The minimum absolute atomic E-state index is 0.0240. The van der Waals surface area contributed by atoms with Gasteiger partial charge in [-0.2, -0.15) is 5.26 Å². The maximum absolute atomic E-state index is 14.1. The lowest BCUT2D eigenvalue weighted by atomic mass is 9.80. The van der Waals surface area contributed by atoms with E-state index in [1.165, 1.54) is 29.2 Å². The molecule has 4 atom stereocenters. The predicted octanol–water partition coefficient (Wildman–Crippen LogP) is 3.66. The summed E-state index contributed by atoms with van der Waals surface area (Å²) in [6.07, 6.45) is 2.75. The normalized spacial score (nSPS) is 22.6. The van der Waals surface area contributed by atoms with Crippen LogP contribution in [0.2, 0.25) is 0 Å². The monoisotopic (exact) mass is 573 g/mol. The van der Waals surface area contributed by atoms with Crippen LogP contribution in [-0.2, 0) is 19.8 Å². The Kier molecular flexibility index (Phi) is 7.80. The molecule has 10 heteroatoms. The summed E-state index contributed by atoms with van der Waals surface area (Å²) in [5, 5.41) is 18.6. The number of nitrogens with one attached hydrogen (secondary N) is 3. The molecule has 1 spiro atoms. The Balaban J connectivity index is 1.37. The highest BCUT2D eigenvalue weighted by molar-refractivity contribution is 6.07.